The second kappa shape index (κ2) is 8.22. The van der Waals surface area contributed by atoms with Crippen molar-refractivity contribution in [2.45, 2.75) is 13.0 Å². The van der Waals surface area contributed by atoms with Crippen molar-refractivity contribution in [2.75, 3.05) is 27.4 Å². The molecule has 1 aromatic carbocycles. The molecule has 1 amide bonds. The Kier molecular flexibility index (Phi) is 5.75. The van der Waals surface area contributed by atoms with E-state index < -0.39 is 17.7 Å². The highest BCUT2D eigenvalue weighted by Crippen LogP contribution is 2.39. The molecule has 7 nitrogen and oxygen atoms in total. The highest BCUT2D eigenvalue weighted by atomic mass is 16.5. The van der Waals surface area contributed by atoms with Crippen molar-refractivity contribution in [3.63, 3.8) is 0 Å². The number of pyridine rings is 1. The number of rotatable bonds is 6. The summed E-state index contributed by atoms with van der Waals surface area (Å²) in [6, 6.07) is 7.86. The Bertz CT molecular complexity index is 924. The van der Waals surface area contributed by atoms with Crippen LogP contribution in [0.4, 0.5) is 0 Å². The van der Waals surface area contributed by atoms with E-state index in [0.29, 0.717) is 16.9 Å². The number of aliphatic hydroxyl groups excluding tert-OH is 1. The van der Waals surface area contributed by atoms with Crippen molar-refractivity contribution < 1.29 is 24.2 Å². The summed E-state index contributed by atoms with van der Waals surface area (Å²) in [4.78, 5) is 30.9. The predicted octanol–water partition coefficient (Wildman–Crippen LogP) is 2.47. The number of aliphatic hydroxyl groups is 1. The number of nitrogens with zero attached hydrogens (tertiary/aromatic N) is 2. The Balaban J connectivity index is 2.15. The van der Waals surface area contributed by atoms with E-state index in [2.05, 4.69) is 4.98 Å². The minimum atomic E-state index is -0.730. The maximum Gasteiger partial charge on any atom is 0.295 e. The van der Waals surface area contributed by atoms with Gasteiger partial charge in [-0.15, -0.1) is 0 Å². The summed E-state index contributed by atoms with van der Waals surface area (Å²) in [5.74, 6) is -0.951. The predicted molar refractivity (Wildman–Crippen MR) is 103 cm³/mol. The fraction of sp³-hybridized carbons (Fsp3) is 0.286. The number of methoxy groups -OCH3 is 2. The first-order valence-corrected chi connectivity index (χ1v) is 8.81. The second-order valence-electron chi connectivity index (χ2n) is 6.46. The average Bonchev–Trinajstić information content (AvgIpc) is 2.97. The highest BCUT2D eigenvalue weighted by Gasteiger charge is 2.45. The summed E-state index contributed by atoms with van der Waals surface area (Å²) in [6.07, 6.45) is 3.20. The van der Waals surface area contributed by atoms with Gasteiger partial charge >= 0.3 is 0 Å². The molecule has 2 aromatic rings. The summed E-state index contributed by atoms with van der Waals surface area (Å²) in [5.41, 5.74) is 1.93. The number of carbonyl (C=O) groups is 2. The van der Waals surface area contributed by atoms with E-state index in [1.165, 1.54) is 12.0 Å². The number of aromatic nitrogens is 1. The van der Waals surface area contributed by atoms with Crippen LogP contribution >= 0.6 is 0 Å². The van der Waals surface area contributed by atoms with Crippen molar-refractivity contribution >= 4 is 17.4 Å². The smallest absolute Gasteiger partial charge is 0.295 e. The van der Waals surface area contributed by atoms with E-state index in [0.717, 1.165) is 5.56 Å². The Morgan fingerprint density at radius 3 is 2.64 bits per heavy atom. The van der Waals surface area contributed by atoms with Gasteiger partial charge in [0.05, 0.1) is 25.3 Å². The molecule has 1 atom stereocenters. The third kappa shape index (κ3) is 3.48. The lowest BCUT2D eigenvalue weighted by atomic mass is 9.95. The van der Waals surface area contributed by atoms with Crippen LogP contribution in [0.3, 0.4) is 0 Å². The molecule has 1 fully saturated rings. The Labute approximate surface area is 163 Å². The standard InChI is InChI=1S/C21H22N2O5/c1-13-11-14(6-7-16(13)28-3)19(24)17-18(15-5-4-8-22-12-15)23(9-10-27-2)21(26)20(17)25/h4-8,11-12,18,24H,9-10H2,1-3H3/t18-/m0/s1. The molecule has 0 spiro atoms. The minimum Gasteiger partial charge on any atom is -0.507 e. The molecule has 1 saturated heterocycles. The number of likely N-dealkylation sites (tertiary alicyclic amines) is 1. The van der Waals surface area contributed by atoms with Crippen LogP contribution in [0.1, 0.15) is 22.7 Å². The van der Waals surface area contributed by atoms with E-state index >= 15 is 0 Å². The molecule has 28 heavy (non-hydrogen) atoms. The first-order chi connectivity index (χ1) is 13.5. The summed E-state index contributed by atoms with van der Waals surface area (Å²) in [6.45, 7) is 2.33. The van der Waals surface area contributed by atoms with Crippen molar-refractivity contribution in [3.05, 3.63) is 65.0 Å². The number of hydrogen-bond acceptors (Lipinski definition) is 6. The number of hydrogen-bond donors (Lipinski definition) is 1. The van der Waals surface area contributed by atoms with Gasteiger partial charge in [0.2, 0.25) is 0 Å². The van der Waals surface area contributed by atoms with Crippen LogP contribution in [-0.2, 0) is 14.3 Å². The molecule has 0 unspecified atom stereocenters. The molecular weight excluding hydrogens is 360 g/mol. The van der Waals surface area contributed by atoms with Gasteiger partial charge in [0.1, 0.15) is 11.5 Å². The van der Waals surface area contributed by atoms with E-state index in [9.17, 15) is 14.7 Å². The van der Waals surface area contributed by atoms with Crippen LogP contribution in [0.25, 0.3) is 5.76 Å². The molecule has 0 saturated carbocycles. The summed E-state index contributed by atoms with van der Waals surface area (Å²) in [5, 5.41) is 11.0. The van der Waals surface area contributed by atoms with Gasteiger partial charge in [0, 0.05) is 31.6 Å². The monoisotopic (exact) mass is 382 g/mol. The third-order valence-corrected chi connectivity index (χ3v) is 4.74. The van der Waals surface area contributed by atoms with Gasteiger partial charge in [0.25, 0.3) is 11.7 Å². The van der Waals surface area contributed by atoms with Gasteiger partial charge in [-0.05, 0) is 42.3 Å². The first-order valence-electron chi connectivity index (χ1n) is 8.81. The van der Waals surface area contributed by atoms with Gasteiger partial charge in [-0.1, -0.05) is 6.07 Å². The maximum atomic E-state index is 12.8. The quantitative estimate of drug-likeness (QED) is 0.469. The molecule has 3 rings (SSSR count). The van der Waals surface area contributed by atoms with Gasteiger partial charge in [-0.2, -0.15) is 0 Å². The van der Waals surface area contributed by atoms with Crippen LogP contribution in [0.5, 0.6) is 5.75 Å². The second-order valence-corrected chi connectivity index (χ2v) is 6.46. The zero-order chi connectivity index (χ0) is 20.3. The SMILES string of the molecule is COCCN1C(=O)C(=O)C(=C(O)c2ccc(OC)c(C)c2)[C@@H]1c1cccnc1. The molecule has 0 radical (unpaired) electrons. The maximum absolute atomic E-state index is 12.8. The van der Waals surface area contributed by atoms with Crippen LogP contribution in [0.15, 0.2) is 48.3 Å². The van der Waals surface area contributed by atoms with Crippen molar-refractivity contribution in [3.8, 4) is 5.75 Å². The molecule has 0 aliphatic carbocycles. The number of amides is 1. The van der Waals surface area contributed by atoms with Crippen LogP contribution in [0, 0.1) is 6.92 Å². The fourth-order valence-corrected chi connectivity index (χ4v) is 3.37. The molecule has 1 N–H and O–H groups in total. The zero-order valence-corrected chi connectivity index (χ0v) is 16.0. The number of Topliss-reactive ketones (excluding diaryl/α,β-unsaturated/α-hetero) is 1. The average molecular weight is 382 g/mol. The first kappa shape index (κ1) is 19.6. The van der Waals surface area contributed by atoms with Gasteiger partial charge in [-0.3, -0.25) is 14.6 Å². The van der Waals surface area contributed by atoms with Crippen LogP contribution < -0.4 is 4.74 Å². The Hall–Kier alpha value is -3.19. The molecule has 146 valence electrons. The lowest BCUT2D eigenvalue weighted by molar-refractivity contribution is -0.140. The zero-order valence-electron chi connectivity index (χ0n) is 16.0. The molecule has 1 aliphatic rings. The Morgan fingerprint density at radius 2 is 2.04 bits per heavy atom. The largest absolute Gasteiger partial charge is 0.507 e. The molecule has 1 aromatic heterocycles. The van der Waals surface area contributed by atoms with Crippen molar-refractivity contribution in [1.82, 2.24) is 9.88 Å². The van der Waals surface area contributed by atoms with Crippen molar-refractivity contribution in [2.24, 2.45) is 0 Å². The van der Waals surface area contributed by atoms with E-state index in [1.807, 2.05) is 6.92 Å². The van der Waals surface area contributed by atoms with Gasteiger partial charge < -0.3 is 19.5 Å². The molecule has 0 bridgehead atoms. The van der Waals surface area contributed by atoms with Crippen molar-refractivity contribution in [1.29, 1.82) is 0 Å². The number of ketones is 1. The van der Waals surface area contributed by atoms with Crippen LogP contribution in [-0.4, -0.2) is 54.1 Å². The lowest BCUT2D eigenvalue weighted by Crippen LogP contribution is -2.32. The van der Waals surface area contributed by atoms with E-state index in [4.69, 9.17) is 9.47 Å². The highest BCUT2D eigenvalue weighted by molar-refractivity contribution is 6.46. The number of benzene rings is 1. The topological polar surface area (TPSA) is 89.0 Å². The van der Waals surface area contributed by atoms with Gasteiger partial charge in [-0.25, -0.2) is 0 Å². The lowest BCUT2D eigenvalue weighted by Gasteiger charge is -2.24. The molecule has 2 heterocycles. The third-order valence-electron chi connectivity index (χ3n) is 4.74. The molecular formula is C21H22N2O5. The normalized spacial score (nSPS) is 18.5. The van der Waals surface area contributed by atoms with E-state index in [-0.39, 0.29) is 24.5 Å². The minimum absolute atomic E-state index is 0.0404. The summed E-state index contributed by atoms with van der Waals surface area (Å²) in [7, 11) is 3.08. The molecule has 1 aliphatic heterocycles. The summed E-state index contributed by atoms with van der Waals surface area (Å²) < 4.78 is 10.3. The Morgan fingerprint density at radius 1 is 1.25 bits per heavy atom. The number of aryl methyl sites for hydroxylation is 1. The molecule has 7 heteroatoms. The summed E-state index contributed by atoms with van der Waals surface area (Å²) >= 11 is 0. The number of ether oxygens (including phenoxy) is 2. The van der Waals surface area contributed by atoms with Crippen LogP contribution in [0.2, 0.25) is 0 Å². The van der Waals surface area contributed by atoms with E-state index in [1.54, 1.807) is 49.8 Å². The van der Waals surface area contributed by atoms with Gasteiger partial charge in [0.15, 0.2) is 0 Å². The number of carbonyl (C=O) groups excluding carboxylic acids is 2. The fourth-order valence-electron chi connectivity index (χ4n) is 3.37.